The van der Waals surface area contributed by atoms with Gasteiger partial charge in [0.15, 0.2) is 0 Å². The van der Waals surface area contributed by atoms with Gasteiger partial charge in [-0.15, -0.1) is 0 Å². The van der Waals surface area contributed by atoms with Crippen LogP contribution >= 0.6 is 0 Å². The van der Waals surface area contributed by atoms with Gasteiger partial charge in [-0.1, -0.05) is 6.42 Å². The van der Waals surface area contributed by atoms with Gasteiger partial charge in [0.2, 0.25) is 0 Å². The highest BCUT2D eigenvalue weighted by molar-refractivity contribution is 4.91. The van der Waals surface area contributed by atoms with E-state index in [0.717, 1.165) is 0 Å². The van der Waals surface area contributed by atoms with Crippen LogP contribution in [-0.4, -0.2) is 24.4 Å². The Bertz CT molecular complexity index is 150. The molecule has 2 saturated carbocycles. The fourth-order valence-electron chi connectivity index (χ4n) is 2.09. The van der Waals surface area contributed by atoms with E-state index in [2.05, 4.69) is 0 Å². The molecular formula is C10H18O2. The van der Waals surface area contributed by atoms with Gasteiger partial charge in [-0.25, -0.2) is 0 Å². The van der Waals surface area contributed by atoms with Crippen LogP contribution in [0.15, 0.2) is 0 Å². The lowest BCUT2D eigenvalue weighted by atomic mass is 9.78. The van der Waals surface area contributed by atoms with Crippen molar-refractivity contribution in [1.82, 2.24) is 0 Å². The Morgan fingerprint density at radius 3 is 2.17 bits per heavy atom. The number of hydrogen-bond acceptors (Lipinski definition) is 2. The van der Waals surface area contributed by atoms with Gasteiger partial charge in [0.1, 0.15) is 0 Å². The standard InChI is InChI=1S/C10H18O2/c1-12-10(8-5-6-8)9(11)7-3-2-4-7/h7-11H,2-6H2,1H3. The Morgan fingerprint density at radius 2 is 1.83 bits per heavy atom. The van der Waals surface area contributed by atoms with E-state index in [4.69, 9.17) is 4.74 Å². The third-order valence-corrected chi connectivity index (χ3v) is 3.33. The van der Waals surface area contributed by atoms with Crippen LogP contribution in [0.2, 0.25) is 0 Å². The molecule has 0 aliphatic heterocycles. The largest absolute Gasteiger partial charge is 0.390 e. The van der Waals surface area contributed by atoms with E-state index in [0.29, 0.717) is 11.8 Å². The Morgan fingerprint density at radius 1 is 1.17 bits per heavy atom. The van der Waals surface area contributed by atoms with Crippen molar-refractivity contribution in [2.45, 2.75) is 44.3 Å². The Labute approximate surface area is 73.9 Å². The Kier molecular flexibility index (Phi) is 2.37. The van der Waals surface area contributed by atoms with Crippen molar-refractivity contribution < 1.29 is 9.84 Å². The number of aliphatic hydroxyl groups is 1. The first kappa shape index (κ1) is 8.52. The summed E-state index contributed by atoms with van der Waals surface area (Å²) < 4.78 is 5.34. The molecule has 2 rings (SSSR count). The summed E-state index contributed by atoms with van der Waals surface area (Å²) in [5, 5.41) is 9.91. The summed E-state index contributed by atoms with van der Waals surface area (Å²) in [6.07, 6.45) is 6.15. The van der Waals surface area contributed by atoms with Crippen molar-refractivity contribution in [3.8, 4) is 0 Å². The Balaban J connectivity index is 1.85. The third-order valence-electron chi connectivity index (χ3n) is 3.33. The van der Waals surface area contributed by atoms with Gasteiger partial charge in [-0.3, -0.25) is 0 Å². The van der Waals surface area contributed by atoms with Crippen molar-refractivity contribution in [1.29, 1.82) is 0 Å². The average Bonchev–Trinajstić information content (AvgIpc) is 2.68. The van der Waals surface area contributed by atoms with E-state index < -0.39 is 0 Å². The van der Waals surface area contributed by atoms with Gasteiger partial charge in [0, 0.05) is 7.11 Å². The van der Waals surface area contributed by atoms with Crippen molar-refractivity contribution in [2.75, 3.05) is 7.11 Å². The molecular weight excluding hydrogens is 152 g/mol. The lowest BCUT2D eigenvalue weighted by Gasteiger charge is -2.34. The fraction of sp³-hybridized carbons (Fsp3) is 1.00. The highest BCUT2D eigenvalue weighted by Crippen LogP contribution is 2.40. The number of methoxy groups -OCH3 is 1. The van der Waals surface area contributed by atoms with Crippen LogP contribution in [0, 0.1) is 11.8 Å². The highest BCUT2D eigenvalue weighted by atomic mass is 16.5. The second kappa shape index (κ2) is 3.35. The monoisotopic (exact) mass is 170 g/mol. The maximum absolute atomic E-state index is 9.91. The van der Waals surface area contributed by atoms with Crippen molar-refractivity contribution in [2.24, 2.45) is 11.8 Å². The Hall–Kier alpha value is -0.0800. The topological polar surface area (TPSA) is 29.5 Å². The molecule has 0 amide bonds. The first-order valence-electron chi connectivity index (χ1n) is 5.04. The van der Waals surface area contributed by atoms with Gasteiger partial charge in [0.05, 0.1) is 12.2 Å². The van der Waals surface area contributed by atoms with Gasteiger partial charge >= 0.3 is 0 Å². The van der Waals surface area contributed by atoms with Crippen LogP contribution < -0.4 is 0 Å². The van der Waals surface area contributed by atoms with Crippen molar-refractivity contribution in [3.05, 3.63) is 0 Å². The maximum atomic E-state index is 9.91. The molecule has 0 spiro atoms. The molecule has 0 aromatic carbocycles. The molecule has 12 heavy (non-hydrogen) atoms. The molecule has 0 aromatic heterocycles. The van der Waals surface area contributed by atoms with Crippen molar-refractivity contribution in [3.63, 3.8) is 0 Å². The molecule has 2 fully saturated rings. The summed E-state index contributed by atoms with van der Waals surface area (Å²) in [4.78, 5) is 0. The van der Waals surface area contributed by atoms with E-state index in [9.17, 15) is 5.11 Å². The molecule has 2 aliphatic rings. The molecule has 2 unspecified atom stereocenters. The van der Waals surface area contributed by atoms with Gasteiger partial charge in [-0.2, -0.15) is 0 Å². The summed E-state index contributed by atoms with van der Waals surface area (Å²) in [5.74, 6) is 1.20. The molecule has 0 radical (unpaired) electrons. The lowest BCUT2D eigenvalue weighted by Crippen LogP contribution is -2.39. The minimum atomic E-state index is -0.184. The number of rotatable bonds is 4. The van der Waals surface area contributed by atoms with E-state index in [-0.39, 0.29) is 12.2 Å². The van der Waals surface area contributed by atoms with Crippen LogP contribution in [0.5, 0.6) is 0 Å². The van der Waals surface area contributed by atoms with E-state index >= 15 is 0 Å². The van der Waals surface area contributed by atoms with E-state index in [1.165, 1.54) is 32.1 Å². The highest BCUT2D eigenvalue weighted by Gasteiger charge is 2.40. The molecule has 0 aromatic rings. The van der Waals surface area contributed by atoms with Crippen LogP contribution in [0.25, 0.3) is 0 Å². The molecule has 0 bridgehead atoms. The van der Waals surface area contributed by atoms with E-state index in [1.54, 1.807) is 7.11 Å². The van der Waals surface area contributed by atoms with Crippen LogP contribution in [-0.2, 0) is 4.74 Å². The van der Waals surface area contributed by atoms with Gasteiger partial charge in [0.25, 0.3) is 0 Å². The zero-order chi connectivity index (χ0) is 8.55. The van der Waals surface area contributed by atoms with Crippen LogP contribution in [0.1, 0.15) is 32.1 Å². The second-order valence-electron chi connectivity index (χ2n) is 4.22. The molecule has 70 valence electrons. The molecule has 0 saturated heterocycles. The summed E-state index contributed by atoms with van der Waals surface area (Å²) in [6, 6.07) is 0. The molecule has 2 aliphatic carbocycles. The average molecular weight is 170 g/mol. The lowest BCUT2D eigenvalue weighted by molar-refractivity contribution is -0.0693. The van der Waals surface area contributed by atoms with Crippen LogP contribution in [0.3, 0.4) is 0 Å². The summed E-state index contributed by atoms with van der Waals surface area (Å²) >= 11 is 0. The fourth-order valence-corrected chi connectivity index (χ4v) is 2.09. The predicted molar refractivity (Wildman–Crippen MR) is 46.9 cm³/mol. The molecule has 2 atom stereocenters. The molecule has 2 nitrogen and oxygen atoms in total. The molecule has 1 N–H and O–H groups in total. The summed E-state index contributed by atoms with van der Waals surface area (Å²) in [5.41, 5.74) is 0. The number of aliphatic hydroxyl groups excluding tert-OH is 1. The molecule has 2 heteroatoms. The number of ether oxygens (including phenoxy) is 1. The summed E-state index contributed by atoms with van der Waals surface area (Å²) in [7, 11) is 1.73. The predicted octanol–water partition coefficient (Wildman–Crippen LogP) is 1.57. The second-order valence-corrected chi connectivity index (χ2v) is 4.22. The van der Waals surface area contributed by atoms with E-state index in [1.807, 2.05) is 0 Å². The smallest absolute Gasteiger partial charge is 0.0860 e. The zero-order valence-corrected chi connectivity index (χ0v) is 7.70. The van der Waals surface area contributed by atoms with Gasteiger partial charge in [-0.05, 0) is 37.5 Å². The third kappa shape index (κ3) is 1.50. The first-order valence-corrected chi connectivity index (χ1v) is 5.04. The normalized spacial score (nSPS) is 29.5. The van der Waals surface area contributed by atoms with Crippen molar-refractivity contribution >= 4 is 0 Å². The van der Waals surface area contributed by atoms with Gasteiger partial charge < -0.3 is 9.84 Å². The summed E-state index contributed by atoms with van der Waals surface area (Å²) in [6.45, 7) is 0. The number of hydrogen-bond donors (Lipinski definition) is 1. The first-order chi connectivity index (χ1) is 5.83. The minimum absolute atomic E-state index is 0.135. The minimum Gasteiger partial charge on any atom is -0.390 e. The zero-order valence-electron chi connectivity index (χ0n) is 7.70. The molecule has 0 heterocycles. The van der Waals surface area contributed by atoms with Crippen LogP contribution in [0.4, 0.5) is 0 Å². The quantitative estimate of drug-likeness (QED) is 0.694. The maximum Gasteiger partial charge on any atom is 0.0860 e. The SMILES string of the molecule is COC(C1CC1)C(O)C1CCC1.